The first kappa shape index (κ1) is 22.8. The van der Waals surface area contributed by atoms with Gasteiger partial charge in [0.1, 0.15) is 10.6 Å². The van der Waals surface area contributed by atoms with E-state index in [1.807, 2.05) is 48.5 Å². The lowest BCUT2D eigenvalue weighted by atomic mass is 10.2. The van der Waals surface area contributed by atoms with Crippen molar-refractivity contribution in [2.24, 2.45) is 0 Å². The van der Waals surface area contributed by atoms with Crippen molar-refractivity contribution >= 4 is 42.6 Å². The summed E-state index contributed by atoms with van der Waals surface area (Å²) in [6, 6.07) is 18.0. The molecule has 1 amide bonds. The van der Waals surface area contributed by atoms with Gasteiger partial charge in [0.2, 0.25) is 15.9 Å². The van der Waals surface area contributed by atoms with Gasteiger partial charge in [-0.15, -0.1) is 0 Å². The van der Waals surface area contributed by atoms with Crippen LogP contribution in [0.15, 0.2) is 78.0 Å². The van der Waals surface area contributed by atoms with E-state index in [9.17, 15) is 13.2 Å². The van der Waals surface area contributed by atoms with Crippen LogP contribution in [0.5, 0.6) is 5.75 Å². The number of sulfonamides is 1. The van der Waals surface area contributed by atoms with E-state index in [0.29, 0.717) is 10.9 Å². The molecule has 0 saturated carbocycles. The van der Waals surface area contributed by atoms with E-state index in [1.54, 1.807) is 13.2 Å². The Labute approximate surface area is 196 Å². The van der Waals surface area contributed by atoms with Crippen molar-refractivity contribution in [3.8, 4) is 5.75 Å². The number of pyridine rings is 1. The van der Waals surface area contributed by atoms with Crippen LogP contribution in [0.1, 0.15) is 5.56 Å². The van der Waals surface area contributed by atoms with Crippen LogP contribution < -0.4 is 9.64 Å². The van der Waals surface area contributed by atoms with E-state index < -0.39 is 10.0 Å². The standard InChI is InChI=1S/C23H22N4O4S2/c1-26(33(29,30)19-9-6-12-24-14-19)16-22(28)27(15-17-7-4-3-5-8-17)23-25-20-11-10-18(31-2)13-21(20)32-23/h3-14H,15-16H2,1-2H3. The molecule has 2 heterocycles. The molecule has 2 aromatic heterocycles. The lowest BCUT2D eigenvalue weighted by Gasteiger charge is -2.23. The molecule has 0 bridgehead atoms. The van der Waals surface area contributed by atoms with Gasteiger partial charge in [-0.3, -0.25) is 14.7 Å². The third-order valence-corrected chi connectivity index (χ3v) is 7.83. The highest BCUT2D eigenvalue weighted by Gasteiger charge is 2.27. The second-order valence-electron chi connectivity index (χ2n) is 7.25. The smallest absolute Gasteiger partial charge is 0.244 e. The molecule has 0 aliphatic rings. The number of thiazole rings is 1. The number of rotatable bonds is 8. The van der Waals surface area contributed by atoms with Crippen LogP contribution >= 0.6 is 11.3 Å². The number of hydrogen-bond donors (Lipinski definition) is 0. The van der Waals surface area contributed by atoms with Gasteiger partial charge in [0, 0.05) is 19.4 Å². The number of amides is 1. The van der Waals surface area contributed by atoms with E-state index in [1.165, 1.54) is 41.7 Å². The van der Waals surface area contributed by atoms with E-state index in [4.69, 9.17) is 4.74 Å². The fourth-order valence-corrected chi connectivity index (χ4v) is 5.30. The Morgan fingerprint density at radius 3 is 2.58 bits per heavy atom. The van der Waals surface area contributed by atoms with Crippen molar-refractivity contribution < 1.29 is 17.9 Å². The molecule has 0 spiro atoms. The quantitative estimate of drug-likeness (QED) is 0.381. The average molecular weight is 483 g/mol. The average Bonchev–Trinajstić information content (AvgIpc) is 3.26. The summed E-state index contributed by atoms with van der Waals surface area (Å²) in [5.41, 5.74) is 1.64. The first-order valence-corrected chi connectivity index (χ1v) is 12.3. The first-order chi connectivity index (χ1) is 15.9. The molecular formula is C23H22N4O4S2. The molecule has 0 saturated heterocycles. The molecule has 0 N–H and O–H groups in total. The van der Waals surface area contributed by atoms with Crippen LogP contribution in [0.25, 0.3) is 10.2 Å². The number of nitrogens with zero attached hydrogens (tertiary/aromatic N) is 4. The summed E-state index contributed by atoms with van der Waals surface area (Å²) in [6.45, 7) is -0.0826. The van der Waals surface area contributed by atoms with Gasteiger partial charge in [-0.05, 0) is 35.9 Å². The zero-order chi connectivity index (χ0) is 23.4. The highest BCUT2D eigenvalue weighted by molar-refractivity contribution is 7.89. The molecule has 0 aliphatic carbocycles. The maximum atomic E-state index is 13.4. The summed E-state index contributed by atoms with van der Waals surface area (Å²) in [4.78, 5) is 23.4. The highest BCUT2D eigenvalue weighted by Crippen LogP contribution is 2.32. The molecule has 0 unspecified atom stereocenters. The molecule has 2 aromatic carbocycles. The summed E-state index contributed by atoms with van der Waals surface area (Å²) < 4.78 is 33.0. The number of fused-ring (bicyclic) bond motifs is 1. The molecule has 10 heteroatoms. The van der Waals surface area contributed by atoms with Crippen LogP contribution in [-0.4, -0.2) is 49.3 Å². The minimum atomic E-state index is -3.87. The number of benzene rings is 2. The van der Waals surface area contributed by atoms with Gasteiger partial charge in [0.15, 0.2) is 5.13 Å². The number of methoxy groups -OCH3 is 1. The molecule has 0 radical (unpaired) electrons. The summed E-state index contributed by atoms with van der Waals surface area (Å²) in [7, 11) is -0.897. The van der Waals surface area contributed by atoms with Crippen molar-refractivity contribution in [3.05, 3.63) is 78.6 Å². The number of aromatic nitrogens is 2. The molecule has 170 valence electrons. The van der Waals surface area contributed by atoms with Crippen molar-refractivity contribution in [3.63, 3.8) is 0 Å². The molecular weight excluding hydrogens is 460 g/mol. The van der Waals surface area contributed by atoms with E-state index in [2.05, 4.69) is 9.97 Å². The summed E-state index contributed by atoms with van der Waals surface area (Å²) >= 11 is 1.35. The number of anilines is 1. The Bertz CT molecular complexity index is 1360. The fraction of sp³-hybridized carbons (Fsp3) is 0.174. The maximum Gasteiger partial charge on any atom is 0.244 e. The van der Waals surface area contributed by atoms with Gasteiger partial charge >= 0.3 is 0 Å². The minimum absolute atomic E-state index is 0.0296. The van der Waals surface area contributed by atoms with Crippen molar-refractivity contribution in [1.29, 1.82) is 0 Å². The number of hydrogen-bond acceptors (Lipinski definition) is 7. The molecule has 0 fully saturated rings. The summed E-state index contributed by atoms with van der Waals surface area (Å²) in [5.74, 6) is 0.306. The summed E-state index contributed by atoms with van der Waals surface area (Å²) in [5, 5.41) is 0.485. The van der Waals surface area contributed by atoms with Gasteiger partial charge in [0.25, 0.3) is 0 Å². The Kier molecular flexibility index (Phi) is 6.68. The number of likely N-dealkylation sites (N-methyl/N-ethyl adjacent to an activating group) is 1. The second kappa shape index (κ2) is 9.65. The van der Waals surface area contributed by atoms with Gasteiger partial charge in [-0.25, -0.2) is 13.4 Å². The normalized spacial score (nSPS) is 11.6. The van der Waals surface area contributed by atoms with Crippen LogP contribution in [-0.2, 0) is 21.4 Å². The third kappa shape index (κ3) is 5.03. The fourth-order valence-electron chi connectivity index (χ4n) is 3.20. The Hall–Kier alpha value is -3.34. The molecule has 0 atom stereocenters. The van der Waals surface area contributed by atoms with E-state index >= 15 is 0 Å². The van der Waals surface area contributed by atoms with Crippen LogP contribution in [0.4, 0.5) is 5.13 Å². The highest BCUT2D eigenvalue weighted by atomic mass is 32.2. The minimum Gasteiger partial charge on any atom is -0.497 e. The van der Waals surface area contributed by atoms with Crippen LogP contribution in [0.2, 0.25) is 0 Å². The number of carbonyl (C=O) groups excluding carboxylic acids is 1. The zero-order valence-electron chi connectivity index (χ0n) is 18.1. The van der Waals surface area contributed by atoms with Crippen molar-refractivity contribution in [2.45, 2.75) is 11.4 Å². The molecule has 4 aromatic rings. The van der Waals surface area contributed by atoms with Gasteiger partial charge in [-0.2, -0.15) is 4.31 Å². The molecule has 33 heavy (non-hydrogen) atoms. The van der Waals surface area contributed by atoms with E-state index in [0.717, 1.165) is 20.1 Å². The first-order valence-electron chi connectivity index (χ1n) is 10.0. The van der Waals surface area contributed by atoms with E-state index in [-0.39, 0.29) is 23.9 Å². The Balaban J connectivity index is 1.65. The third-order valence-electron chi connectivity index (χ3n) is 5.00. The number of ether oxygens (including phenoxy) is 1. The predicted octanol–water partition coefficient (Wildman–Crippen LogP) is 3.55. The Morgan fingerprint density at radius 2 is 1.88 bits per heavy atom. The van der Waals surface area contributed by atoms with Crippen molar-refractivity contribution in [2.75, 3.05) is 25.6 Å². The van der Waals surface area contributed by atoms with Gasteiger partial charge in [0.05, 0.1) is 30.4 Å². The second-order valence-corrected chi connectivity index (χ2v) is 10.3. The lowest BCUT2D eigenvalue weighted by molar-refractivity contribution is -0.118. The largest absolute Gasteiger partial charge is 0.497 e. The SMILES string of the molecule is COc1ccc2nc(N(Cc3ccccc3)C(=O)CN(C)S(=O)(=O)c3cccnc3)sc2c1. The molecule has 8 nitrogen and oxygen atoms in total. The predicted molar refractivity (Wildman–Crippen MR) is 128 cm³/mol. The van der Waals surface area contributed by atoms with Crippen LogP contribution in [0, 0.1) is 0 Å². The topological polar surface area (TPSA) is 92.7 Å². The lowest BCUT2D eigenvalue weighted by Crippen LogP contribution is -2.41. The van der Waals surface area contributed by atoms with Crippen molar-refractivity contribution in [1.82, 2.24) is 14.3 Å². The maximum absolute atomic E-state index is 13.4. The summed E-state index contributed by atoms with van der Waals surface area (Å²) in [6.07, 6.45) is 2.76. The molecule has 0 aliphatic heterocycles. The van der Waals surface area contributed by atoms with Crippen LogP contribution in [0.3, 0.4) is 0 Å². The monoisotopic (exact) mass is 482 g/mol. The van der Waals surface area contributed by atoms with Gasteiger partial charge < -0.3 is 4.74 Å². The zero-order valence-corrected chi connectivity index (χ0v) is 19.7. The molecule has 4 rings (SSSR count). The Morgan fingerprint density at radius 1 is 1.09 bits per heavy atom. The van der Waals surface area contributed by atoms with Gasteiger partial charge in [-0.1, -0.05) is 41.7 Å². The number of carbonyl (C=O) groups is 1.